The fourth-order valence-corrected chi connectivity index (χ4v) is 16.2. The van der Waals surface area contributed by atoms with Crippen molar-refractivity contribution < 1.29 is 9.47 Å². The van der Waals surface area contributed by atoms with Crippen LogP contribution in [-0.4, -0.2) is 13.4 Å². The molecule has 1 aliphatic carbocycles. The summed E-state index contributed by atoms with van der Waals surface area (Å²) in [6, 6.07) is 110. The Kier molecular flexibility index (Phi) is 11.0. The Morgan fingerprint density at radius 3 is 1.25 bits per heavy atom. The number of fused-ring (bicyclic) bond motifs is 17. The van der Waals surface area contributed by atoms with Crippen LogP contribution >= 0.6 is 0 Å². The molecule has 91 heavy (non-hydrogen) atoms. The molecule has 6 nitrogen and oxygen atoms in total. The Morgan fingerprint density at radius 2 is 0.725 bits per heavy atom. The average Bonchev–Trinajstić information content (AvgIpc) is 1.65. The zero-order chi connectivity index (χ0) is 60.3. The normalized spacial score (nSPS) is 14.3. The van der Waals surface area contributed by atoms with E-state index in [1.807, 2.05) is 0 Å². The summed E-state index contributed by atoms with van der Waals surface area (Å²) in [6.45, 7) is 6.65. The van der Waals surface area contributed by atoms with Gasteiger partial charge < -0.3 is 29.1 Å². The van der Waals surface area contributed by atoms with Gasteiger partial charge in [0, 0.05) is 91.9 Å². The van der Waals surface area contributed by atoms with E-state index >= 15 is 0 Å². The first kappa shape index (κ1) is 51.8. The summed E-state index contributed by atoms with van der Waals surface area (Å²) in [5.41, 5.74) is 27.8. The highest BCUT2D eigenvalue weighted by atomic mass is 16.5. The van der Waals surface area contributed by atoms with Crippen molar-refractivity contribution in [2.75, 3.05) is 19.6 Å². The summed E-state index contributed by atoms with van der Waals surface area (Å²) in [5.74, 6) is 3.16. The number of rotatable bonds is 6. The Morgan fingerprint density at radius 1 is 0.308 bits per heavy atom. The monoisotopic (exact) mass is 1160 g/mol. The van der Waals surface area contributed by atoms with Crippen LogP contribution in [0.5, 0.6) is 23.0 Å². The summed E-state index contributed by atoms with van der Waals surface area (Å²) < 4.78 is 15.5. The lowest BCUT2D eigenvalue weighted by molar-refractivity contribution is 0.428. The minimum absolute atomic E-state index is 0.136. The molecule has 19 rings (SSSR count). The van der Waals surface area contributed by atoms with Crippen LogP contribution in [0.4, 0.5) is 68.2 Å². The first-order valence-corrected chi connectivity index (χ1v) is 31.7. The molecule has 0 radical (unpaired) electrons. The lowest BCUT2D eigenvalue weighted by Gasteiger charge is -2.47. The van der Waals surface area contributed by atoms with E-state index < -0.39 is 5.41 Å². The van der Waals surface area contributed by atoms with E-state index in [-0.39, 0.29) is 18.8 Å². The van der Waals surface area contributed by atoms with Gasteiger partial charge in [0.2, 0.25) is 0 Å². The third-order valence-electron chi connectivity index (χ3n) is 20.0. The maximum Gasteiger partial charge on any atom is 0.256 e. The molecule has 5 aliphatic heterocycles. The highest BCUT2D eigenvalue weighted by Crippen LogP contribution is 2.64. The van der Waals surface area contributed by atoms with Crippen molar-refractivity contribution >= 4 is 114 Å². The average molecular weight is 1170 g/mol. The Hall–Kier alpha value is -11.2. The van der Waals surface area contributed by atoms with E-state index in [0.29, 0.717) is 0 Å². The number of para-hydroxylation sites is 7. The van der Waals surface area contributed by atoms with Crippen LogP contribution in [-0.2, 0) is 10.8 Å². The molecule has 0 saturated heterocycles. The van der Waals surface area contributed by atoms with Crippen LogP contribution in [0.15, 0.2) is 297 Å². The third-order valence-corrected chi connectivity index (χ3v) is 20.0. The molecule has 0 bridgehead atoms. The molecular weight excluding hydrogens is 1110 g/mol. The second-order valence-corrected chi connectivity index (χ2v) is 25.9. The maximum absolute atomic E-state index is 7.81. The van der Waals surface area contributed by atoms with Crippen LogP contribution in [0, 0.1) is 0 Å². The van der Waals surface area contributed by atoms with Gasteiger partial charge in [0.05, 0.1) is 11.1 Å². The van der Waals surface area contributed by atoms with Gasteiger partial charge in [-0.15, -0.1) is 0 Å². The Bertz CT molecular complexity index is 5070. The fraction of sp³-hybridized carbons (Fsp3) is 0.0602. The molecule has 13 aromatic rings. The van der Waals surface area contributed by atoms with Crippen molar-refractivity contribution in [3.63, 3.8) is 0 Å². The predicted molar refractivity (Wildman–Crippen MR) is 377 cm³/mol. The predicted octanol–water partition coefficient (Wildman–Crippen LogP) is 17.4. The van der Waals surface area contributed by atoms with E-state index in [0.717, 1.165) is 96.2 Å². The Balaban J connectivity index is 0.890. The van der Waals surface area contributed by atoms with Crippen molar-refractivity contribution in [3.8, 4) is 34.1 Å². The highest BCUT2D eigenvalue weighted by Gasteiger charge is 2.55. The minimum Gasteiger partial charge on any atom is -0.458 e. The van der Waals surface area contributed by atoms with Crippen LogP contribution in [0.25, 0.3) is 11.1 Å². The second kappa shape index (κ2) is 19.4. The summed E-state index contributed by atoms with van der Waals surface area (Å²) in [7, 11) is 0. The van der Waals surface area contributed by atoms with Crippen LogP contribution < -0.4 is 61.9 Å². The van der Waals surface area contributed by atoms with Crippen LogP contribution in [0.2, 0.25) is 0 Å². The summed E-state index contributed by atoms with van der Waals surface area (Å²) in [6.07, 6.45) is 0. The zero-order valence-corrected chi connectivity index (χ0v) is 50.6. The summed E-state index contributed by atoms with van der Waals surface area (Å²) >= 11 is 0. The molecule has 0 unspecified atom stereocenters. The van der Waals surface area contributed by atoms with Crippen LogP contribution in [0.1, 0.15) is 48.6 Å². The molecular formula is C83H58B2N4O2. The van der Waals surface area contributed by atoms with Crippen molar-refractivity contribution in [3.05, 3.63) is 325 Å². The molecule has 8 heteroatoms. The number of nitrogens with zero attached hydrogens (tertiary/aromatic N) is 4. The molecule has 0 amide bonds. The smallest absolute Gasteiger partial charge is 0.256 e. The van der Waals surface area contributed by atoms with Gasteiger partial charge in [-0.3, -0.25) is 0 Å². The lowest BCUT2D eigenvalue weighted by Crippen LogP contribution is -2.61. The van der Waals surface area contributed by atoms with Crippen molar-refractivity contribution in [2.24, 2.45) is 0 Å². The standard InChI is InChI=1S/C83H58B2N4O2/c1-82(2,3)53-45-73-80-74(46-53)89(58-35-17-8-18-36-58)72-51-76-64(49-68(72)84(80)66-41-23-25-43-70(66)87(73)56-31-13-6-14-32-56)83(62-39-21-19-37-60(62)61-38-20-22-40-63(61)83)65-50-69-78(52-77(65)90-76)91-79-48-59(86(54-27-9-4-10-28-54)55-29-11-5-12-30-55)47-75-81(79)85(69)67-42-24-26-44-71(67)88(75)57-33-15-7-16-34-57/h4-52H,1-3H3. The van der Waals surface area contributed by atoms with Crippen LogP contribution in [0.3, 0.4) is 0 Å². The molecule has 13 aromatic carbocycles. The second-order valence-electron chi connectivity index (χ2n) is 25.9. The van der Waals surface area contributed by atoms with Gasteiger partial charge in [-0.1, -0.05) is 209 Å². The SMILES string of the molecule is CC(C)(C)c1cc2c3c(c1)N(c1ccccc1)c1cc4c(cc1B3c1ccccc1N2c1ccccc1)C1(c2cc3c(cc2O4)Oc2cc(N(c4ccccc4)c4ccccc4)cc4c2B3c2ccccc2N4c2ccccc2)c2ccccc2-c2ccccc21. The quantitative estimate of drug-likeness (QED) is 0.154. The zero-order valence-electron chi connectivity index (χ0n) is 50.6. The van der Waals surface area contributed by atoms with E-state index in [9.17, 15) is 0 Å². The molecule has 0 N–H and O–H groups in total. The topological polar surface area (TPSA) is 31.4 Å². The molecule has 0 fully saturated rings. The first-order valence-electron chi connectivity index (χ1n) is 31.7. The number of anilines is 12. The van der Waals surface area contributed by atoms with Gasteiger partial charge in [-0.25, -0.2) is 0 Å². The number of benzene rings is 13. The van der Waals surface area contributed by atoms with Gasteiger partial charge in [0.15, 0.2) is 0 Å². The Labute approximate surface area is 531 Å². The molecule has 0 saturated carbocycles. The largest absolute Gasteiger partial charge is 0.458 e. The van der Waals surface area contributed by atoms with Gasteiger partial charge >= 0.3 is 0 Å². The van der Waals surface area contributed by atoms with Crippen molar-refractivity contribution in [1.29, 1.82) is 0 Å². The summed E-state index contributed by atoms with van der Waals surface area (Å²) in [4.78, 5) is 9.82. The van der Waals surface area contributed by atoms with E-state index in [4.69, 9.17) is 9.47 Å². The number of hydrogen-bond acceptors (Lipinski definition) is 6. The van der Waals surface area contributed by atoms with Gasteiger partial charge in [0.25, 0.3) is 13.4 Å². The lowest BCUT2D eigenvalue weighted by atomic mass is 9.33. The van der Waals surface area contributed by atoms with E-state index in [1.54, 1.807) is 0 Å². The fourth-order valence-electron chi connectivity index (χ4n) is 16.2. The van der Waals surface area contributed by atoms with E-state index in [1.165, 1.54) is 66.7 Å². The van der Waals surface area contributed by atoms with E-state index in [2.05, 4.69) is 338 Å². The molecule has 6 aliphatic rings. The maximum atomic E-state index is 7.81. The molecule has 0 aromatic heterocycles. The molecule has 0 atom stereocenters. The van der Waals surface area contributed by atoms with Gasteiger partial charge in [-0.2, -0.15) is 0 Å². The molecule has 1 spiro atoms. The minimum atomic E-state index is -0.829. The van der Waals surface area contributed by atoms with Gasteiger partial charge in [-0.05, 0) is 157 Å². The highest BCUT2D eigenvalue weighted by molar-refractivity contribution is 7.00. The molecule has 428 valence electrons. The number of hydrogen-bond donors (Lipinski definition) is 0. The van der Waals surface area contributed by atoms with Gasteiger partial charge in [0.1, 0.15) is 23.0 Å². The first-order chi connectivity index (χ1) is 44.8. The third kappa shape index (κ3) is 7.39. The van der Waals surface area contributed by atoms with Crippen molar-refractivity contribution in [2.45, 2.75) is 31.6 Å². The summed E-state index contributed by atoms with van der Waals surface area (Å²) in [5, 5.41) is 0. The molecule has 5 heterocycles. The van der Waals surface area contributed by atoms with Crippen molar-refractivity contribution in [1.82, 2.24) is 0 Å². The number of ether oxygens (including phenoxy) is 2.